The molecule has 0 spiro atoms. The van der Waals surface area contributed by atoms with Gasteiger partial charge in [0.1, 0.15) is 6.04 Å². The molecule has 1 fully saturated rings. The van der Waals surface area contributed by atoms with Crippen LogP contribution in [0.1, 0.15) is 6.92 Å². The Morgan fingerprint density at radius 2 is 2.11 bits per heavy atom. The van der Waals surface area contributed by atoms with Gasteiger partial charge in [-0.15, -0.1) is 0 Å². The van der Waals surface area contributed by atoms with Gasteiger partial charge >= 0.3 is 5.97 Å². The molecule has 1 aliphatic rings. The van der Waals surface area contributed by atoms with E-state index in [0.717, 1.165) is 0 Å². The monoisotopic (exact) mass is 258 g/mol. The quantitative estimate of drug-likeness (QED) is 0.400. The number of hydrogen-bond acceptors (Lipinski definition) is 5. The molecule has 9 nitrogen and oxygen atoms in total. The minimum absolute atomic E-state index is 0.0540. The van der Waals surface area contributed by atoms with Gasteiger partial charge in [-0.05, 0) is 0 Å². The fourth-order valence-corrected chi connectivity index (χ4v) is 1.48. The zero-order valence-corrected chi connectivity index (χ0v) is 9.73. The van der Waals surface area contributed by atoms with Gasteiger partial charge in [0, 0.05) is 13.5 Å². The third-order valence-electron chi connectivity index (χ3n) is 2.29. The fourth-order valence-electron chi connectivity index (χ4n) is 1.48. The van der Waals surface area contributed by atoms with Gasteiger partial charge in [0.25, 0.3) is 5.91 Å². The van der Waals surface area contributed by atoms with Gasteiger partial charge in [-0.3, -0.25) is 34.9 Å². The summed E-state index contributed by atoms with van der Waals surface area (Å²) in [6.07, 6.45) is 0. The van der Waals surface area contributed by atoms with Crippen molar-refractivity contribution >= 4 is 23.7 Å². The van der Waals surface area contributed by atoms with E-state index in [0.29, 0.717) is 0 Å². The number of rotatable bonds is 3. The average Bonchev–Trinajstić information content (AvgIpc) is 2.26. The molecule has 3 amide bonds. The van der Waals surface area contributed by atoms with Crippen molar-refractivity contribution in [2.75, 3.05) is 19.6 Å². The molecule has 1 unspecified atom stereocenters. The average molecular weight is 258 g/mol. The molecule has 0 radical (unpaired) electrons. The number of amides is 3. The van der Waals surface area contributed by atoms with E-state index in [1.807, 2.05) is 0 Å². The lowest BCUT2D eigenvalue weighted by Gasteiger charge is -2.31. The highest BCUT2D eigenvalue weighted by Gasteiger charge is 2.32. The van der Waals surface area contributed by atoms with Gasteiger partial charge in [0.15, 0.2) is 0 Å². The first-order valence-corrected chi connectivity index (χ1v) is 5.19. The van der Waals surface area contributed by atoms with Crippen LogP contribution in [0.2, 0.25) is 0 Å². The topological polar surface area (TPSA) is 128 Å². The molecule has 4 N–H and O–H groups in total. The number of nitrogens with one attached hydrogen (secondary N) is 3. The third-order valence-corrected chi connectivity index (χ3v) is 2.29. The van der Waals surface area contributed by atoms with Crippen LogP contribution in [0.3, 0.4) is 0 Å². The SMILES string of the molecule is CC(=O)NNC(=O)CN1CC(=O)NCC1C(=O)O. The third kappa shape index (κ3) is 4.01. The van der Waals surface area contributed by atoms with Crippen LogP contribution in [-0.4, -0.2) is 59.4 Å². The van der Waals surface area contributed by atoms with E-state index in [-0.39, 0.29) is 25.5 Å². The Hall–Kier alpha value is -2.16. The van der Waals surface area contributed by atoms with E-state index in [9.17, 15) is 19.2 Å². The molecular formula is C9H14N4O5. The predicted octanol–water partition coefficient (Wildman–Crippen LogP) is -2.96. The van der Waals surface area contributed by atoms with Crippen LogP contribution in [0.5, 0.6) is 0 Å². The number of hydrogen-bond donors (Lipinski definition) is 4. The molecule has 0 aromatic rings. The molecule has 1 rings (SSSR count). The standard InChI is InChI=1S/C9H14N4O5/c1-5(14)11-12-8(16)4-13-3-7(15)10-2-6(13)9(17)18/h6H,2-4H2,1H3,(H,10,15)(H,11,14)(H,12,16)(H,17,18). The van der Waals surface area contributed by atoms with Crippen molar-refractivity contribution in [3.8, 4) is 0 Å². The molecule has 0 saturated carbocycles. The molecule has 0 aliphatic carbocycles. The lowest BCUT2D eigenvalue weighted by atomic mass is 10.2. The van der Waals surface area contributed by atoms with Crippen LogP contribution >= 0.6 is 0 Å². The van der Waals surface area contributed by atoms with Crippen LogP contribution in [0.4, 0.5) is 0 Å². The summed E-state index contributed by atoms with van der Waals surface area (Å²) >= 11 is 0. The van der Waals surface area contributed by atoms with Crippen molar-refractivity contribution in [2.45, 2.75) is 13.0 Å². The Morgan fingerprint density at radius 3 is 2.67 bits per heavy atom. The molecule has 0 bridgehead atoms. The Labute approximate surface area is 102 Å². The number of nitrogens with zero attached hydrogens (tertiary/aromatic N) is 1. The van der Waals surface area contributed by atoms with Gasteiger partial charge in [-0.1, -0.05) is 0 Å². The Bertz CT molecular complexity index is 383. The summed E-state index contributed by atoms with van der Waals surface area (Å²) in [5.41, 5.74) is 4.18. The minimum Gasteiger partial charge on any atom is -0.480 e. The summed E-state index contributed by atoms with van der Waals surface area (Å²) in [6.45, 7) is 0.700. The molecule has 0 aromatic carbocycles. The molecule has 1 heterocycles. The van der Waals surface area contributed by atoms with Gasteiger partial charge in [-0.2, -0.15) is 0 Å². The van der Waals surface area contributed by atoms with E-state index in [1.54, 1.807) is 0 Å². The van der Waals surface area contributed by atoms with E-state index in [2.05, 4.69) is 16.2 Å². The summed E-state index contributed by atoms with van der Waals surface area (Å²) < 4.78 is 0. The van der Waals surface area contributed by atoms with Gasteiger partial charge in [0.05, 0.1) is 13.1 Å². The normalized spacial score (nSPS) is 19.8. The van der Waals surface area contributed by atoms with Crippen molar-refractivity contribution in [1.82, 2.24) is 21.1 Å². The largest absolute Gasteiger partial charge is 0.480 e. The second kappa shape index (κ2) is 5.96. The molecule has 1 saturated heterocycles. The lowest BCUT2D eigenvalue weighted by Crippen LogP contribution is -2.60. The Morgan fingerprint density at radius 1 is 1.44 bits per heavy atom. The number of carboxylic acids is 1. The molecule has 0 aromatic heterocycles. The molecule has 9 heteroatoms. The maximum absolute atomic E-state index is 11.4. The highest BCUT2D eigenvalue weighted by molar-refractivity contribution is 5.86. The van der Waals surface area contributed by atoms with Crippen molar-refractivity contribution in [2.24, 2.45) is 0 Å². The predicted molar refractivity (Wildman–Crippen MR) is 58.0 cm³/mol. The van der Waals surface area contributed by atoms with E-state index in [4.69, 9.17) is 5.11 Å². The van der Waals surface area contributed by atoms with Crippen molar-refractivity contribution in [3.05, 3.63) is 0 Å². The van der Waals surface area contributed by atoms with Crippen LogP contribution in [0.25, 0.3) is 0 Å². The first kappa shape index (κ1) is 13.9. The summed E-state index contributed by atoms with van der Waals surface area (Å²) in [6, 6.07) is -0.953. The molecular weight excluding hydrogens is 244 g/mol. The second-order valence-corrected chi connectivity index (χ2v) is 3.79. The maximum atomic E-state index is 11.4. The molecule has 18 heavy (non-hydrogen) atoms. The second-order valence-electron chi connectivity index (χ2n) is 3.79. The van der Waals surface area contributed by atoms with Crippen molar-refractivity contribution < 1.29 is 24.3 Å². The number of carbonyl (C=O) groups excluding carboxylic acids is 3. The van der Waals surface area contributed by atoms with E-state index < -0.39 is 23.8 Å². The first-order chi connectivity index (χ1) is 8.40. The van der Waals surface area contributed by atoms with Crippen LogP contribution < -0.4 is 16.2 Å². The number of aliphatic carboxylic acids is 1. The summed E-state index contributed by atoms with van der Waals surface area (Å²) in [4.78, 5) is 45.3. The van der Waals surface area contributed by atoms with Gasteiger partial charge in [0.2, 0.25) is 11.8 Å². The van der Waals surface area contributed by atoms with Crippen LogP contribution in [0.15, 0.2) is 0 Å². The molecule has 100 valence electrons. The van der Waals surface area contributed by atoms with Gasteiger partial charge in [-0.25, -0.2) is 0 Å². The minimum atomic E-state index is -1.12. The maximum Gasteiger partial charge on any atom is 0.322 e. The van der Waals surface area contributed by atoms with Crippen LogP contribution in [0, 0.1) is 0 Å². The smallest absolute Gasteiger partial charge is 0.322 e. The van der Waals surface area contributed by atoms with Crippen molar-refractivity contribution in [1.29, 1.82) is 0 Å². The Balaban J connectivity index is 2.55. The number of hydrazine groups is 1. The van der Waals surface area contributed by atoms with Crippen LogP contribution in [-0.2, 0) is 19.2 Å². The number of carboxylic acid groups (broad SMARTS) is 1. The summed E-state index contributed by atoms with van der Waals surface area (Å²) in [7, 11) is 0. The van der Waals surface area contributed by atoms with E-state index in [1.165, 1.54) is 11.8 Å². The summed E-state index contributed by atoms with van der Waals surface area (Å²) in [5.74, 6) is -2.51. The molecule has 1 atom stereocenters. The summed E-state index contributed by atoms with van der Waals surface area (Å²) in [5, 5.41) is 11.3. The fraction of sp³-hybridized carbons (Fsp3) is 0.556. The van der Waals surface area contributed by atoms with E-state index >= 15 is 0 Å². The lowest BCUT2D eigenvalue weighted by molar-refractivity contribution is -0.147. The zero-order valence-electron chi connectivity index (χ0n) is 9.73. The van der Waals surface area contributed by atoms with Gasteiger partial charge < -0.3 is 10.4 Å². The number of carbonyl (C=O) groups is 4. The first-order valence-electron chi connectivity index (χ1n) is 5.19. The highest BCUT2D eigenvalue weighted by atomic mass is 16.4. The van der Waals surface area contributed by atoms with Crippen molar-refractivity contribution in [3.63, 3.8) is 0 Å². The number of piperazine rings is 1. The zero-order chi connectivity index (χ0) is 13.7. The molecule has 1 aliphatic heterocycles. The Kier molecular flexibility index (Phi) is 4.60. The highest BCUT2D eigenvalue weighted by Crippen LogP contribution is 2.03.